The first-order valence-electron chi connectivity index (χ1n) is 6.60. The quantitative estimate of drug-likeness (QED) is 0.651. The molecule has 8 nitrogen and oxygen atoms in total. The maximum atomic E-state index is 11.1. The van der Waals surface area contributed by atoms with E-state index in [0.29, 0.717) is 6.61 Å². The second kappa shape index (κ2) is 6.00. The Morgan fingerprint density at radius 3 is 2.90 bits per heavy atom. The number of nitrogens with zero attached hydrogens (tertiary/aromatic N) is 4. The van der Waals surface area contributed by atoms with E-state index in [2.05, 4.69) is 14.9 Å². The predicted molar refractivity (Wildman–Crippen MR) is 73.6 cm³/mol. The van der Waals surface area contributed by atoms with Crippen LogP contribution in [0.4, 0.5) is 11.6 Å². The van der Waals surface area contributed by atoms with Gasteiger partial charge >= 0.3 is 5.69 Å². The molecule has 2 rings (SSSR count). The first-order chi connectivity index (χ1) is 9.49. The SMILES string of the molecule is Cc1nc(N)nc(OCC2CCCCN2C)c1[N+](=O)[O-]. The molecule has 0 radical (unpaired) electrons. The van der Waals surface area contributed by atoms with Crippen molar-refractivity contribution in [1.82, 2.24) is 14.9 Å². The van der Waals surface area contributed by atoms with Gasteiger partial charge in [-0.1, -0.05) is 6.42 Å². The van der Waals surface area contributed by atoms with Gasteiger partial charge in [-0.2, -0.15) is 4.98 Å². The lowest BCUT2D eigenvalue weighted by Gasteiger charge is -2.31. The Balaban J connectivity index is 2.14. The molecule has 1 aliphatic heterocycles. The summed E-state index contributed by atoms with van der Waals surface area (Å²) in [5, 5.41) is 11.1. The van der Waals surface area contributed by atoms with Crippen LogP contribution in [0, 0.1) is 17.0 Å². The molecular formula is C12H19N5O3. The summed E-state index contributed by atoms with van der Waals surface area (Å²) in [6.07, 6.45) is 3.34. The monoisotopic (exact) mass is 281 g/mol. The fraction of sp³-hybridized carbons (Fsp3) is 0.667. The molecule has 0 spiro atoms. The largest absolute Gasteiger partial charge is 0.471 e. The summed E-state index contributed by atoms with van der Waals surface area (Å²) >= 11 is 0. The second-order valence-corrected chi connectivity index (χ2v) is 5.02. The van der Waals surface area contributed by atoms with Gasteiger partial charge in [-0.15, -0.1) is 0 Å². The van der Waals surface area contributed by atoms with Gasteiger partial charge in [0.2, 0.25) is 5.95 Å². The molecule has 20 heavy (non-hydrogen) atoms. The molecule has 0 amide bonds. The van der Waals surface area contributed by atoms with E-state index >= 15 is 0 Å². The van der Waals surface area contributed by atoms with Crippen molar-refractivity contribution < 1.29 is 9.66 Å². The molecular weight excluding hydrogens is 262 g/mol. The lowest BCUT2D eigenvalue weighted by molar-refractivity contribution is -0.387. The summed E-state index contributed by atoms with van der Waals surface area (Å²) in [5.74, 6) is -0.0564. The normalized spacial score (nSPS) is 19.8. The van der Waals surface area contributed by atoms with E-state index in [-0.39, 0.29) is 29.3 Å². The lowest BCUT2D eigenvalue weighted by Crippen LogP contribution is -2.40. The van der Waals surface area contributed by atoms with Crippen molar-refractivity contribution in [3.8, 4) is 5.88 Å². The third kappa shape index (κ3) is 3.13. The van der Waals surface area contributed by atoms with Gasteiger partial charge in [0, 0.05) is 6.04 Å². The number of nitrogens with two attached hydrogens (primary N) is 1. The zero-order valence-corrected chi connectivity index (χ0v) is 11.7. The number of likely N-dealkylation sites (tertiary alicyclic amines) is 1. The fourth-order valence-electron chi connectivity index (χ4n) is 2.40. The topological polar surface area (TPSA) is 107 Å². The average Bonchev–Trinajstić information content (AvgIpc) is 2.36. The van der Waals surface area contributed by atoms with E-state index in [4.69, 9.17) is 10.5 Å². The van der Waals surface area contributed by atoms with Crippen LogP contribution in [-0.4, -0.2) is 46.0 Å². The summed E-state index contributed by atoms with van der Waals surface area (Å²) in [6.45, 7) is 2.91. The molecule has 2 heterocycles. The number of nitro groups is 1. The fourth-order valence-corrected chi connectivity index (χ4v) is 2.40. The van der Waals surface area contributed by atoms with Crippen LogP contribution in [0.3, 0.4) is 0 Å². The summed E-state index contributed by atoms with van der Waals surface area (Å²) < 4.78 is 5.56. The van der Waals surface area contributed by atoms with Gasteiger partial charge in [0.25, 0.3) is 5.88 Å². The van der Waals surface area contributed by atoms with Crippen LogP contribution < -0.4 is 10.5 Å². The number of aryl methyl sites for hydroxylation is 1. The molecule has 1 aromatic heterocycles. The maximum absolute atomic E-state index is 11.1. The second-order valence-electron chi connectivity index (χ2n) is 5.02. The Bertz CT molecular complexity index is 508. The van der Waals surface area contributed by atoms with Crippen molar-refractivity contribution in [3.05, 3.63) is 15.8 Å². The van der Waals surface area contributed by atoms with Crippen molar-refractivity contribution >= 4 is 11.6 Å². The van der Waals surface area contributed by atoms with E-state index in [0.717, 1.165) is 19.4 Å². The van der Waals surface area contributed by atoms with Crippen molar-refractivity contribution in [2.24, 2.45) is 0 Å². The summed E-state index contributed by atoms with van der Waals surface area (Å²) in [7, 11) is 2.03. The van der Waals surface area contributed by atoms with Gasteiger partial charge in [-0.05, 0) is 33.4 Å². The minimum absolute atomic E-state index is 0.0138. The predicted octanol–water partition coefficient (Wildman–Crippen LogP) is 1.14. The molecule has 1 unspecified atom stereocenters. The standard InChI is InChI=1S/C12H19N5O3/c1-8-10(17(18)19)11(15-12(13)14-8)20-7-9-5-3-4-6-16(9)2/h9H,3-7H2,1-2H3,(H2,13,14,15). The molecule has 110 valence electrons. The highest BCUT2D eigenvalue weighted by Crippen LogP contribution is 2.28. The van der Waals surface area contributed by atoms with Gasteiger partial charge in [0.15, 0.2) is 0 Å². The third-order valence-corrected chi connectivity index (χ3v) is 3.56. The molecule has 1 fully saturated rings. The van der Waals surface area contributed by atoms with Gasteiger partial charge in [-0.3, -0.25) is 10.1 Å². The summed E-state index contributed by atoms with van der Waals surface area (Å²) in [5.41, 5.74) is 5.54. The smallest absolute Gasteiger partial charge is 0.352 e. The van der Waals surface area contributed by atoms with Crippen LogP contribution in [0.25, 0.3) is 0 Å². The molecule has 1 atom stereocenters. The van der Waals surface area contributed by atoms with Crippen molar-refractivity contribution in [2.45, 2.75) is 32.2 Å². The molecule has 1 aliphatic rings. The highest BCUT2D eigenvalue weighted by molar-refractivity contribution is 5.47. The number of aromatic nitrogens is 2. The number of likely N-dealkylation sites (N-methyl/N-ethyl adjacent to an activating group) is 1. The number of nitrogen functional groups attached to an aromatic ring is 1. The minimum atomic E-state index is -0.533. The third-order valence-electron chi connectivity index (χ3n) is 3.56. The Kier molecular flexibility index (Phi) is 4.33. The van der Waals surface area contributed by atoms with E-state index in [1.807, 2.05) is 7.05 Å². The molecule has 0 bridgehead atoms. The molecule has 0 aliphatic carbocycles. The summed E-state index contributed by atoms with van der Waals surface area (Å²) in [6, 6.07) is 0.250. The average molecular weight is 281 g/mol. The van der Waals surface area contributed by atoms with Crippen molar-refractivity contribution in [3.63, 3.8) is 0 Å². The van der Waals surface area contributed by atoms with Gasteiger partial charge in [-0.25, -0.2) is 4.98 Å². The number of hydrogen-bond donors (Lipinski definition) is 1. The first kappa shape index (κ1) is 14.4. The molecule has 8 heteroatoms. The minimum Gasteiger partial charge on any atom is -0.471 e. The van der Waals surface area contributed by atoms with Gasteiger partial charge < -0.3 is 15.4 Å². The van der Waals surface area contributed by atoms with Crippen LogP contribution in [-0.2, 0) is 0 Å². The number of anilines is 1. The summed E-state index contributed by atoms with van der Waals surface area (Å²) in [4.78, 5) is 20.4. The zero-order chi connectivity index (χ0) is 14.7. The van der Waals surface area contributed by atoms with Gasteiger partial charge in [0.1, 0.15) is 12.3 Å². The molecule has 2 N–H and O–H groups in total. The molecule has 1 aromatic rings. The first-order valence-corrected chi connectivity index (χ1v) is 6.60. The Labute approximate surface area is 117 Å². The van der Waals surface area contributed by atoms with E-state index in [1.165, 1.54) is 13.3 Å². The Morgan fingerprint density at radius 1 is 1.50 bits per heavy atom. The van der Waals surface area contributed by atoms with Crippen molar-refractivity contribution in [1.29, 1.82) is 0 Å². The van der Waals surface area contributed by atoms with Crippen LogP contribution in [0.2, 0.25) is 0 Å². The lowest BCUT2D eigenvalue weighted by atomic mass is 10.0. The van der Waals surface area contributed by atoms with E-state index in [9.17, 15) is 10.1 Å². The highest BCUT2D eigenvalue weighted by Gasteiger charge is 2.25. The molecule has 0 aromatic carbocycles. The maximum Gasteiger partial charge on any atom is 0.352 e. The van der Waals surface area contributed by atoms with Crippen LogP contribution >= 0.6 is 0 Å². The van der Waals surface area contributed by atoms with Crippen LogP contribution in [0.5, 0.6) is 5.88 Å². The number of hydrogen-bond acceptors (Lipinski definition) is 7. The van der Waals surface area contributed by atoms with E-state index in [1.54, 1.807) is 0 Å². The molecule has 0 saturated carbocycles. The van der Waals surface area contributed by atoms with Crippen molar-refractivity contribution in [2.75, 3.05) is 25.9 Å². The molecule has 1 saturated heterocycles. The highest BCUT2D eigenvalue weighted by atomic mass is 16.6. The number of ether oxygens (including phenoxy) is 1. The Morgan fingerprint density at radius 2 is 2.25 bits per heavy atom. The van der Waals surface area contributed by atoms with E-state index < -0.39 is 4.92 Å². The Hall–Kier alpha value is -1.96. The number of piperidine rings is 1. The number of rotatable bonds is 4. The van der Waals surface area contributed by atoms with Crippen LogP contribution in [0.15, 0.2) is 0 Å². The van der Waals surface area contributed by atoms with Gasteiger partial charge in [0.05, 0.1) is 4.92 Å². The zero-order valence-electron chi connectivity index (χ0n) is 11.7. The van der Waals surface area contributed by atoms with Crippen LogP contribution in [0.1, 0.15) is 25.0 Å².